The van der Waals surface area contributed by atoms with Crippen LogP contribution in [0.1, 0.15) is 44.2 Å². The molecule has 0 unspecified atom stereocenters. The van der Waals surface area contributed by atoms with Gasteiger partial charge < -0.3 is 10.2 Å². The van der Waals surface area contributed by atoms with E-state index in [1.165, 1.54) is 4.90 Å². The first-order chi connectivity index (χ1) is 16.1. The predicted octanol–water partition coefficient (Wildman–Crippen LogP) is 4.14. The van der Waals surface area contributed by atoms with E-state index in [1.54, 1.807) is 25.1 Å². The molecule has 9 heteroatoms. The number of benzene rings is 2. The van der Waals surface area contributed by atoms with E-state index in [9.17, 15) is 18.0 Å². The van der Waals surface area contributed by atoms with Gasteiger partial charge in [-0.2, -0.15) is 0 Å². The number of hydrogen-bond acceptors (Lipinski definition) is 4. The summed E-state index contributed by atoms with van der Waals surface area (Å²) in [5.74, 6) is -0.712. The van der Waals surface area contributed by atoms with Gasteiger partial charge in [-0.3, -0.25) is 13.9 Å². The normalized spacial score (nSPS) is 12.1. The number of unbranched alkanes of at least 4 members (excludes halogenated alkanes) is 1. The number of nitrogens with zero attached hydrogens (tertiary/aromatic N) is 2. The van der Waals surface area contributed by atoms with Crippen molar-refractivity contribution in [2.24, 2.45) is 0 Å². The summed E-state index contributed by atoms with van der Waals surface area (Å²) in [6.07, 6.45) is 3.22. The van der Waals surface area contributed by atoms with Crippen molar-refractivity contribution in [3.05, 3.63) is 64.7 Å². The lowest BCUT2D eigenvalue weighted by atomic mass is 10.1. The number of halogens is 1. The smallest absolute Gasteiger partial charge is 0.244 e. The monoisotopic (exact) mass is 507 g/mol. The van der Waals surface area contributed by atoms with Crippen LogP contribution >= 0.6 is 11.6 Å². The first-order valence-electron chi connectivity index (χ1n) is 11.4. The minimum atomic E-state index is -3.80. The van der Waals surface area contributed by atoms with Crippen molar-refractivity contribution in [3.8, 4) is 0 Å². The largest absolute Gasteiger partial charge is 0.354 e. The van der Waals surface area contributed by atoms with E-state index in [-0.39, 0.29) is 12.5 Å². The molecular weight excluding hydrogens is 474 g/mol. The molecule has 0 fully saturated rings. The van der Waals surface area contributed by atoms with Crippen molar-refractivity contribution in [1.29, 1.82) is 0 Å². The van der Waals surface area contributed by atoms with Gasteiger partial charge in [0.25, 0.3) is 0 Å². The molecule has 2 aromatic rings. The number of carbonyl (C=O) groups excluding carboxylic acids is 2. The average molecular weight is 508 g/mol. The molecule has 0 saturated carbocycles. The molecular formula is C25H34ClN3O4S. The number of anilines is 1. The third-order valence-corrected chi connectivity index (χ3v) is 7.13. The van der Waals surface area contributed by atoms with Crippen molar-refractivity contribution in [2.75, 3.05) is 23.7 Å². The van der Waals surface area contributed by atoms with E-state index in [1.807, 2.05) is 44.2 Å². The summed E-state index contributed by atoms with van der Waals surface area (Å²) < 4.78 is 26.4. The molecule has 0 aliphatic rings. The second kappa shape index (κ2) is 12.8. The lowest BCUT2D eigenvalue weighted by Crippen LogP contribution is -2.52. The van der Waals surface area contributed by atoms with Crippen molar-refractivity contribution < 1.29 is 18.0 Å². The molecule has 0 aliphatic carbocycles. The molecule has 0 bridgehead atoms. The Kier molecular flexibility index (Phi) is 10.4. The highest BCUT2D eigenvalue weighted by Crippen LogP contribution is 2.28. The van der Waals surface area contributed by atoms with Crippen LogP contribution in [-0.4, -0.2) is 50.5 Å². The molecule has 186 valence electrons. The van der Waals surface area contributed by atoms with Crippen LogP contribution < -0.4 is 9.62 Å². The van der Waals surface area contributed by atoms with Crippen molar-refractivity contribution >= 4 is 39.1 Å². The number of hydrogen-bond donors (Lipinski definition) is 1. The molecule has 0 aromatic heterocycles. The Morgan fingerprint density at radius 1 is 1.06 bits per heavy atom. The summed E-state index contributed by atoms with van der Waals surface area (Å²) in [5.41, 5.74) is 1.74. The Labute approximate surface area is 208 Å². The highest BCUT2D eigenvalue weighted by Gasteiger charge is 2.32. The van der Waals surface area contributed by atoms with Crippen LogP contribution in [0.4, 0.5) is 5.69 Å². The Morgan fingerprint density at radius 2 is 1.74 bits per heavy atom. The quantitative estimate of drug-likeness (QED) is 0.437. The molecule has 2 aromatic carbocycles. The minimum Gasteiger partial charge on any atom is -0.354 e. The predicted molar refractivity (Wildman–Crippen MR) is 137 cm³/mol. The van der Waals surface area contributed by atoms with Crippen LogP contribution in [0.25, 0.3) is 0 Å². The molecule has 1 atom stereocenters. The van der Waals surface area contributed by atoms with Gasteiger partial charge in [0, 0.05) is 18.1 Å². The van der Waals surface area contributed by atoms with E-state index in [4.69, 9.17) is 11.6 Å². The molecule has 7 nitrogen and oxygen atoms in total. The van der Waals surface area contributed by atoms with Gasteiger partial charge in [-0.15, -0.1) is 0 Å². The van der Waals surface area contributed by atoms with Crippen LogP contribution in [0.3, 0.4) is 0 Å². The zero-order valence-corrected chi connectivity index (χ0v) is 21.8. The van der Waals surface area contributed by atoms with Gasteiger partial charge in [0.15, 0.2) is 0 Å². The van der Waals surface area contributed by atoms with E-state index >= 15 is 0 Å². The van der Waals surface area contributed by atoms with Crippen molar-refractivity contribution in [1.82, 2.24) is 10.2 Å². The van der Waals surface area contributed by atoms with Crippen LogP contribution in [0.5, 0.6) is 0 Å². The van der Waals surface area contributed by atoms with Gasteiger partial charge in [-0.25, -0.2) is 8.42 Å². The number of nitrogens with one attached hydrogen (secondary N) is 1. The highest BCUT2D eigenvalue weighted by atomic mass is 35.5. The summed E-state index contributed by atoms with van der Waals surface area (Å²) in [6.45, 7) is 5.85. The second-order valence-electron chi connectivity index (χ2n) is 8.23. The van der Waals surface area contributed by atoms with E-state index in [0.717, 1.165) is 29.0 Å². The topological polar surface area (TPSA) is 86.8 Å². The van der Waals surface area contributed by atoms with E-state index in [0.29, 0.717) is 29.2 Å². The van der Waals surface area contributed by atoms with E-state index < -0.39 is 28.5 Å². The average Bonchev–Trinajstić information content (AvgIpc) is 2.79. The molecule has 0 heterocycles. The first kappa shape index (κ1) is 27.7. The zero-order chi connectivity index (χ0) is 25.3. The third-order valence-electron chi connectivity index (χ3n) is 5.60. The Hall–Kier alpha value is -2.58. The third kappa shape index (κ3) is 7.46. The van der Waals surface area contributed by atoms with Crippen LogP contribution in [0.2, 0.25) is 5.02 Å². The zero-order valence-electron chi connectivity index (χ0n) is 20.3. The van der Waals surface area contributed by atoms with Gasteiger partial charge in [0.2, 0.25) is 21.8 Å². The number of sulfonamides is 1. The Bertz CT molecular complexity index is 1080. The molecule has 0 radical (unpaired) electrons. The first-order valence-corrected chi connectivity index (χ1v) is 13.7. The summed E-state index contributed by atoms with van der Waals surface area (Å²) >= 11 is 6.22. The van der Waals surface area contributed by atoms with Crippen LogP contribution in [0, 0.1) is 6.92 Å². The lowest BCUT2D eigenvalue weighted by Gasteiger charge is -2.33. The fourth-order valence-electron chi connectivity index (χ4n) is 3.67. The molecule has 0 spiro atoms. The molecule has 34 heavy (non-hydrogen) atoms. The van der Waals surface area contributed by atoms with Gasteiger partial charge in [-0.1, -0.05) is 68.3 Å². The van der Waals surface area contributed by atoms with Gasteiger partial charge in [0.05, 0.1) is 11.9 Å². The minimum absolute atomic E-state index is 0.186. The Morgan fingerprint density at radius 3 is 2.32 bits per heavy atom. The maximum Gasteiger partial charge on any atom is 0.244 e. The highest BCUT2D eigenvalue weighted by molar-refractivity contribution is 7.92. The number of rotatable bonds is 12. The SMILES string of the molecule is CCCCNC(=O)[C@H](CC)N(Cc1ccccc1)C(=O)CN(c1cccc(Cl)c1C)S(C)(=O)=O. The fraction of sp³-hybridized carbons (Fsp3) is 0.440. The lowest BCUT2D eigenvalue weighted by molar-refractivity contribution is -0.140. The van der Waals surface area contributed by atoms with Gasteiger partial charge in [-0.05, 0) is 43.0 Å². The van der Waals surface area contributed by atoms with Crippen LogP contribution in [0.15, 0.2) is 48.5 Å². The summed E-state index contributed by atoms with van der Waals surface area (Å²) in [5, 5.41) is 3.31. The number of carbonyl (C=O) groups is 2. The molecule has 2 rings (SSSR count). The van der Waals surface area contributed by atoms with Gasteiger partial charge in [0.1, 0.15) is 12.6 Å². The maximum absolute atomic E-state index is 13.6. The number of amides is 2. The van der Waals surface area contributed by atoms with E-state index in [2.05, 4.69) is 5.32 Å². The Balaban J connectivity index is 2.42. The molecule has 1 N–H and O–H groups in total. The van der Waals surface area contributed by atoms with Gasteiger partial charge >= 0.3 is 0 Å². The van der Waals surface area contributed by atoms with Crippen molar-refractivity contribution in [2.45, 2.75) is 52.6 Å². The summed E-state index contributed by atoms with van der Waals surface area (Å²) in [6, 6.07) is 13.5. The summed E-state index contributed by atoms with van der Waals surface area (Å²) in [4.78, 5) is 28.1. The molecule has 2 amide bonds. The molecule has 0 aliphatic heterocycles. The maximum atomic E-state index is 13.6. The molecule has 0 saturated heterocycles. The summed E-state index contributed by atoms with van der Waals surface area (Å²) in [7, 11) is -3.80. The second-order valence-corrected chi connectivity index (χ2v) is 10.5. The fourth-order valence-corrected chi connectivity index (χ4v) is 4.74. The standard InChI is InChI=1S/C25H34ClN3O4S/c1-5-7-16-27-25(31)22(6-2)28(17-20-12-9-8-10-13-20)24(30)18-29(34(4,32)33)23-15-11-14-21(26)19(23)3/h8-15,22H,5-7,16-18H2,1-4H3,(H,27,31)/t22-/m0/s1. The van der Waals surface area contributed by atoms with Crippen molar-refractivity contribution in [3.63, 3.8) is 0 Å². The van der Waals surface area contributed by atoms with Crippen LogP contribution in [-0.2, 0) is 26.2 Å².